The van der Waals surface area contributed by atoms with E-state index in [1.54, 1.807) is 23.1 Å². The summed E-state index contributed by atoms with van der Waals surface area (Å²) in [5.41, 5.74) is 3.02. The fraction of sp³-hybridized carbons (Fsp3) is 0.263. The number of anilines is 3. The number of hydrogen-bond donors (Lipinski definition) is 3. The van der Waals surface area contributed by atoms with Crippen molar-refractivity contribution in [3.05, 3.63) is 60.0 Å². The predicted octanol–water partition coefficient (Wildman–Crippen LogP) is 2.26. The van der Waals surface area contributed by atoms with Gasteiger partial charge in [-0.3, -0.25) is 9.48 Å². The lowest BCUT2D eigenvalue weighted by Crippen LogP contribution is -2.32. The molecule has 0 radical (unpaired) electrons. The maximum absolute atomic E-state index is 11.8. The Morgan fingerprint density at radius 3 is 2.67 bits per heavy atom. The normalized spacial score (nSPS) is 10.4. The van der Waals surface area contributed by atoms with Crippen LogP contribution in [0.25, 0.3) is 0 Å². The van der Waals surface area contributed by atoms with E-state index in [9.17, 15) is 4.79 Å². The first kappa shape index (κ1) is 18.4. The number of rotatable bonds is 8. The molecule has 8 nitrogen and oxygen atoms in total. The van der Waals surface area contributed by atoms with Gasteiger partial charge in [0, 0.05) is 42.9 Å². The molecule has 0 saturated carbocycles. The summed E-state index contributed by atoms with van der Waals surface area (Å²) < 4.78 is 1.58. The van der Waals surface area contributed by atoms with E-state index in [-0.39, 0.29) is 12.5 Å². The molecule has 0 aliphatic heterocycles. The smallest absolute Gasteiger partial charge is 0.241 e. The van der Waals surface area contributed by atoms with Crippen LogP contribution in [-0.4, -0.2) is 38.7 Å². The number of nitrogens with one attached hydrogen (secondary N) is 3. The van der Waals surface area contributed by atoms with E-state index >= 15 is 0 Å². The first-order valence-electron chi connectivity index (χ1n) is 8.76. The van der Waals surface area contributed by atoms with Gasteiger partial charge in [0.25, 0.3) is 0 Å². The van der Waals surface area contributed by atoms with Gasteiger partial charge in [0.15, 0.2) is 0 Å². The van der Waals surface area contributed by atoms with E-state index < -0.39 is 0 Å². The second kappa shape index (κ2) is 8.79. The summed E-state index contributed by atoms with van der Waals surface area (Å²) in [6, 6.07) is 11.8. The molecule has 27 heavy (non-hydrogen) atoms. The molecule has 0 spiro atoms. The van der Waals surface area contributed by atoms with E-state index in [0.717, 1.165) is 17.2 Å². The zero-order valence-corrected chi connectivity index (χ0v) is 15.4. The molecule has 140 valence electrons. The minimum atomic E-state index is -0.0904. The zero-order chi connectivity index (χ0) is 19.1. The Balaban J connectivity index is 1.49. The summed E-state index contributed by atoms with van der Waals surface area (Å²) in [6.45, 7) is 5.17. The standard InChI is InChI=1S/C19H23N7O/c1-14-4-6-16(7-5-14)24-17-12-15(2)23-19(25-17)21-10-9-20-18(27)13-26-11-3-8-22-26/h3-8,11-12H,9-10,13H2,1-2H3,(H,20,27)(H2,21,23,24,25). The van der Waals surface area contributed by atoms with Crippen LogP contribution < -0.4 is 16.0 Å². The average molecular weight is 365 g/mol. The second-order valence-corrected chi connectivity index (χ2v) is 6.19. The Labute approximate surface area is 158 Å². The van der Waals surface area contributed by atoms with Gasteiger partial charge in [-0.1, -0.05) is 17.7 Å². The van der Waals surface area contributed by atoms with Crippen molar-refractivity contribution >= 4 is 23.4 Å². The fourth-order valence-corrected chi connectivity index (χ4v) is 2.47. The first-order chi connectivity index (χ1) is 13.1. The van der Waals surface area contributed by atoms with Crippen molar-refractivity contribution in [3.63, 3.8) is 0 Å². The third-order valence-electron chi connectivity index (χ3n) is 3.77. The van der Waals surface area contributed by atoms with E-state index in [1.165, 1.54) is 5.56 Å². The summed E-state index contributed by atoms with van der Waals surface area (Å²) in [5.74, 6) is 1.15. The molecule has 0 aliphatic rings. The Hall–Kier alpha value is -3.42. The molecule has 1 amide bonds. The number of carbonyl (C=O) groups excluding carboxylic acids is 1. The molecular weight excluding hydrogens is 342 g/mol. The van der Waals surface area contributed by atoms with Gasteiger partial charge in [-0.25, -0.2) is 4.98 Å². The number of benzene rings is 1. The van der Waals surface area contributed by atoms with Crippen LogP contribution >= 0.6 is 0 Å². The molecule has 0 fully saturated rings. The SMILES string of the molecule is Cc1ccc(Nc2cc(C)nc(NCCNC(=O)Cn3cccn3)n2)cc1. The fourth-order valence-electron chi connectivity index (χ4n) is 2.47. The summed E-state index contributed by atoms with van der Waals surface area (Å²) in [4.78, 5) is 20.7. The summed E-state index contributed by atoms with van der Waals surface area (Å²) in [6.07, 6.45) is 3.40. The summed E-state index contributed by atoms with van der Waals surface area (Å²) >= 11 is 0. The molecule has 3 aromatic rings. The number of hydrogen-bond acceptors (Lipinski definition) is 6. The third kappa shape index (κ3) is 5.81. The Morgan fingerprint density at radius 1 is 1.11 bits per heavy atom. The average Bonchev–Trinajstić information content (AvgIpc) is 3.13. The van der Waals surface area contributed by atoms with Crippen LogP contribution in [0.5, 0.6) is 0 Å². The van der Waals surface area contributed by atoms with Crippen molar-refractivity contribution in [1.29, 1.82) is 0 Å². The maximum Gasteiger partial charge on any atom is 0.241 e. The summed E-state index contributed by atoms with van der Waals surface area (Å²) in [7, 11) is 0. The Bertz CT molecular complexity index is 876. The molecular formula is C19H23N7O. The van der Waals surface area contributed by atoms with E-state index in [1.807, 2.05) is 37.3 Å². The molecule has 0 unspecified atom stereocenters. The quantitative estimate of drug-likeness (QED) is 0.530. The molecule has 1 aromatic carbocycles. The maximum atomic E-state index is 11.8. The van der Waals surface area contributed by atoms with Crippen LogP contribution in [0.1, 0.15) is 11.3 Å². The van der Waals surface area contributed by atoms with Gasteiger partial charge in [0.1, 0.15) is 12.4 Å². The van der Waals surface area contributed by atoms with Gasteiger partial charge < -0.3 is 16.0 Å². The van der Waals surface area contributed by atoms with E-state index in [2.05, 4.69) is 37.9 Å². The van der Waals surface area contributed by atoms with Crippen molar-refractivity contribution in [1.82, 2.24) is 25.1 Å². The Kier molecular flexibility index (Phi) is 5.98. The zero-order valence-electron chi connectivity index (χ0n) is 15.4. The molecule has 8 heteroatoms. The van der Waals surface area contributed by atoms with Crippen molar-refractivity contribution in [2.75, 3.05) is 23.7 Å². The lowest BCUT2D eigenvalue weighted by Gasteiger charge is -2.11. The first-order valence-corrected chi connectivity index (χ1v) is 8.76. The van der Waals surface area contributed by atoms with Crippen molar-refractivity contribution in [2.45, 2.75) is 20.4 Å². The lowest BCUT2D eigenvalue weighted by molar-refractivity contribution is -0.121. The van der Waals surface area contributed by atoms with Gasteiger partial charge in [-0.15, -0.1) is 0 Å². The second-order valence-electron chi connectivity index (χ2n) is 6.19. The van der Waals surface area contributed by atoms with Crippen molar-refractivity contribution in [3.8, 4) is 0 Å². The highest BCUT2D eigenvalue weighted by molar-refractivity contribution is 5.75. The van der Waals surface area contributed by atoms with Gasteiger partial charge in [0.2, 0.25) is 11.9 Å². The Morgan fingerprint density at radius 2 is 1.93 bits per heavy atom. The van der Waals surface area contributed by atoms with Gasteiger partial charge in [-0.05, 0) is 32.0 Å². The van der Waals surface area contributed by atoms with Crippen LogP contribution in [0.4, 0.5) is 17.5 Å². The van der Waals surface area contributed by atoms with Crippen LogP contribution in [-0.2, 0) is 11.3 Å². The molecule has 0 saturated heterocycles. The minimum Gasteiger partial charge on any atom is -0.353 e. The van der Waals surface area contributed by atoms with Gasteiger partial charge in [-0.2, -0.15) is 10.1 Å². The molecule has 2 aromatic heterocycles. The van der Waals surface area contributed by atoms with Crippen LogP contribution in [0.15, 0.2) is 48.8 Å². The number of aryl methyl sites for hydroxylation is 2. The highest BCUT2D eigenvalue weighted by Crippen LogP contribution is 2.17. The molecule has 2 heterocycles. The number of aromatic nitrogens is 4. The monoisotopic (exact) mass is 365 g/mol. The number of amides is 1. The highest BCUT2D eigenvalue weighted by atomic mass is 16.2. The van der Waals surface area contributed by atoms with Crippen molar-refractivity contribution in [2.24, 2.45) is 0 Å². The largest absolute Gasteiger partial charge is 0.353 e. The van der Waals surface area contributed by atoms with Crippen LogP contribution in [0.2, 0.25) is 0 Å². The highest BCUT2D eigenvalue weighted by Gasteiger charge is 2.04. The van der Waals surface area contributed by atoms with Crippen LogP contribution in [0.3, 0.4) is 0 Å². The molecule has 0 bridgehead atoms. The third-order valence-corrected chi connectivity index (χ3v) is 3.77. The number of nitrogens with zero attached hydrogens (tertiary/aromatic N) is 4. The molecule has 3 rings (SSSR count). The van der Waals surface area contributed by atoms with Gasteiger partial charge >= 0.3 is 0 Å². The lowest BCUT2D eigenvalue weighted by atomic mass is 10.2. The number of carbonyl (C=O) groups is 1. The summed E-state index contributed by atoms with van der Waals surface area (Å²) in [5, 5.41) is 13.2. The topological polar surface area (TPSA) is 96.8 Å². The van der Waals surface area contributed by atoms with Crippen molar-refractivity contribution < 1.29 is 4.79 Å². The van der Waals surface area contributed by atoms with Gasteiger partial charge in [0.05, 0.1) is 0 Å². The predicted molar refractivity (Wildman–Crippen MR) is 105 cm³/mol. The molecule has 0 aliphatic carbocycles. The van der Waals surface area contributed by atoms with E-state index in [0.29, 0.717) is 19.0 Å². The molecule has 3 N–H and O–H groups in total. The van der Waals surface area contributed by atoms with Crippen LogP contribution in [0, 0.1) is 13.8 Å². The molecule has 0 atom stereocenters. The van der Waals surface area contributed by atoms with E-state index in [4.69, 9.17) is 0 Å². The minimum absolute atomic E-state index is 0.0904.